The highest BCUT2D eigenvalue weighted by atomic mass is 35.5. The van der Waals surface area contributed by atoms with E-state index in [1.54, 1.807) is 4.68 Å². The Bertz CT molecular complexity index is 446. The van der Waals surface area contributed by atoms with Gasteiger partial charge in [-0.3, -0.25) is 0 Å². The molecule has 0 aromatic carbocycles. The zero-order chi connectivity index (χ0) is 13.2. The molecule has 1 saturated heterocycles. The highest BCUT2D eigenvalue weighted by Crippen LogP contribution is 2.34. The maximum absolute atomic E-state index is 10.7. The molecule has 0 atom stereocenters. The third kappa shape index (κ3) is 2.78. The summed E-state index contributed by atoms with van der Waals surface area (Å²) < 4.78 is 6.88. The van der Waals surface area contributed by atoms with Gasteiger partial charge in [0.05, 0.1) is 17.8 Å². The Morgan fingerprint density at radius 3 is 2.78 bits per heavy atom. The van der Waals surface area contributed by atoms with Crippen molar-refractivity contribution in [3.63, 3.8) is 0 Å². The lowest BCUT2D eigenvalue weighted by Crippen LogP contribution is -2.35. The summed E-state index contributed by atoms with van der Waals surface area (Å²) in [6.07, 6.45) is 3.25. The Balaban J connectivity index is 2.16. The molecule has 2 rings (SSSR count). The molecule has 0 N–H and O–H groups in total. The third-order valence-corrected chi connectivity index (χ3v) is 4.20. The van der Waals surface area contributed by atoms with Gasteiger partial charge in [-0.05, 0) is 23.5 Å². The first kappa shape index (κ1) is 13.6. The van der Waals surface area contributed by atoms with E-state index in [9.17, 15) is 10.1 Å². The molecule has 0 radical (unpaired) electrons. The van der Waals surface area contributed by atoms with Crippen molar-refractivity contribution in [2.45, 2.75) is 19.4 Å². The molecule has 1 aromatic heterocycles. The number of ether oxygens (including phenoxy) is 1. The van der Waals surface area contributed by atoms with Crippen LogP contribution in [0.5, 0.6) is 0 Å². The lowest BCUT2D eigenvalue weighted by Gasteiger charge is -2.34. The Kier molecular flexibility index (Phi) is 4.14. The number of rotatable bonds is 4. The van der Waals surface area contributed by atoms with Gasteiger partial charge in [-0.25, -0.2) is 0 Å². The molecule has 0 amide bonds. The number of hydrogen-bond donors (Lipinski definition) is 1. The van der Waals surface area contributed by atoms with Crippen molar-refractivity contribution in [2.24, 2.45) is 5.41 Å². The molecular formula is C10H14ClN3O3S. The van der Waals surface area contributed by atoms with Gasteiger partial charge in [0.15, 0.2) is 5.02 Å². The number of nitro groups is 1. The highest BCUT2D eigenvalue weighted by molar-refractivity contribution is 7.80. The van der Waals surface area contributed by atoms with Gasteiger partial charge in [0.25, 0.3) is 0 Å². The summed E-state index contributed by atoms with van der Waals surface area (Å²) in [6, 6.07) is 0. The summed E-state index contributed by atoms with van der Waals surface area (Å²) in [4.78, 5) is 10.1. The standard InChI is InChI=1S/C10H14ClN3O3S/c11-8-5-13(12-9(8)14(15)16)6-10(7-18)1-3-17-4-2-10/h5,18H,1-4,6-7H2. The van der Waals surface area contributed by atoms with Crippen LogP contribution in [0.25, 0.3) is 0 Å². The number of halogens is 1. The summed E-state index contributed by atoms with van der Waals surface area (Å²) >= 11 is 10.2. The van der Waals surface area contributed by atoms with Gasteiger partial charge < -0.3 is 14.9 Å². The van der Waals surface area contributed by atoms with Crippen LogP contribution >= 0.6 is 24.2 Å². The fourth-order valence-corrected chi connectivity index (χ4v) is 2.74. The number of nitrogens with zero attached hydrogens (tertiary/aromatic N) is 3. The molecule has 1 aliphatic rings. The summed E-state index contributed by atoms with van der Waals surface area (Å²) in [5.74, 6) is 0.403. The molecule has 0 unspecified atom stereocenters. The van der Waals surface area contributed by atoms with Crippen LogP contribution in [0.2, 0.25) is 5.02 Å². The van der Waals surface area contributed by atoms with Crippen molar-refractivity contribution in [2.75, 3.05) is 19.0 Å². The first-order valence-corrected chi connectivity index (χ1v) is 6.63. The Morgan fingerprint density at radius 1 is 1.61 bits per heavy atom. The average Bonchev–Trinajstić information content (AvgIpc) is 2.71. The minimum atomic E-state index is -0.573. The summed E-state index contributed by atoms with van der Waals surface area (Å²) in [5, 5.41) is 14.7. The quantitative estimate of drug-likeness (QED) is 0.524. The first-order valence-electron chi connectivity index (χ1n) is 5.62. The SMILES string of the molecule is O=[N+]([O-])c1nn(CC2(CS)CCOCC2)cc1Cl. The largest absolute Gasteiger partial charge is 0.408 e. The molecular weight excluding hydrogens is 278 g/mol. The molecule has 0 spiro atoms. The predicted octanol–water partition coefficient (Wildman–Crippen LogP) is 2.17. The van der Waals surface area contributed by atoms with Gasteiger partial charge >= 0.3 is 5.82 Å². The van der Waals surface area contributed by atoms with Crippen LogP contribution < -0.4 is 0 Å². The van der Waals surface area contributed by atoms with Gasteiger partial charge in [-0.1, -0.05) is 11.6 Å². The number of thiol groups is 1. The minimum Gasteiger partial charge on any atom is -0.381 e. The fourth-order valence-electron chi connectivity index (χ4n) is 2.11. The highest BCUT2D eigenvalue weighted by Gasteiger charge is 2.34. The van der Waals surface area contributed by atoms with E-state index in [1.165, 1.54) is 6.20 Å². The van der Waals surface area contributed by atoms with Crippen LogP contribution in [-0.4, -0.2) is 33.7 Å². The van der Waals surface area contributed by atoms with Crippen molar-refractivity contribution in [1.82, 2.24) is 9.78 Å². The zero-order valence-corrected chi connectivity index (χ0v) is 11.4. The van der Waals surface area contributed by atoms with Gasteiger partial charge in [0.1, 0.15) is 0 Å². The van der Waals surface area contributed by atoms with E-state index in [0.717, 1.165) is 12.8 Å². The van der Waals surface area contributed by atoms with Crippen LogP contribution in [0.15, 0.2) is 6.20 Å². The predicted molar refractivity (Wildman–Crippen MR) is 70.2 cm³/mol. The maximum atomic E-state index is 10.7. The van der Waals surface area contributed by atoms with E-state index in [-0.39, 0.29) is 16.3 Å². The lowest BCUT2D eigenvalue weighted by atomic mass is 9.82. The molecule has 0 bridgehead atoms. The van der Waals surface area contributed by atoms with Gasteiger partial charge in [-0.2, -0.15) is 17.3 Å². The van der Waals surface area contributed by atoms with Crippen molar-refractivity contribution in [1.29, 1.82) is 0 Å². The van der Waals surface area contributed by atoms with Crippen LogP contribution in [0.1, 0.15) is 12.8 Å². The Morgan fingerprint density at radius 2 is 2.28 bits per heavy atom. The second-order valence-corrected chi connectivity index (χ2v) is 5.25. The van der Waals surface area contributed by atoms with Crippen molar-refractivity contribution in [3.8, 4) is 0 Å². The average molecular weight is 292 g/mol. The molecule has 1 aromatic rings. The third-order valence-electron chi connectivity index (χ3n) is 3.26. The van der Waals surface area contributed by atoms with Gasteiger partial charge in [0, 0.05) is 18.6 Å². The van der Waals surface area contributed by atoms with Crippen LogP contribution in [0.4, 0.5) is 5.82 Å². The minimum absolute atomic E-state index is 0.0232. The van der Waals surface area contributed by atoms with E-state index in [2.05, 4.69) is 17.7 Å². The van der Waals surface area contributed by atoms with Gasteiger partial charge in [0.2, 0.25) is 0 Å². The fraction of sp³-hybridized carbons (Fsp3) is 0.700. The van der Waals surface area contributed by atoms with E-state index >= 15 is 0 Å². The molecule has 18 heavy (non-hydrogen) atoms. The normalized spacial score (nSPS) is 18.8. The summed E-state index contributed by atoms with van der Waals surface area (Å²) in [5.41, 5.74) is -0.0232. The van der Waals surface area contributed by atoms with E-state index in [4.69, 9.17) is 16.3 Å². The monoisotopic (exact) mass is 291 g/mol. The molecule has 8 heteroatoms. The van der Waals surface area contributed by atoms with E-state index in [0.29, 0.717) is 25.5 Å². The Hall–Kier alpha value is -0.790. The van der Waals surface area contributed by atoms with E-state index < -0.39 is 4.92 Å². The molecule has 6 nitrogen and oxygen atoms in total. The molecule has 2 heterocycles. The smallest absolute Gasteiger partial charge is 0.381 e. The number of aromatic nitrogens is 2. The van der Waals surface area contributed by atoms with Gasteiger partial charge in [-0.15, -0.1) is 0 Å². The molecule has 0 saturated carbocycles. The number of hydrogen-bond acceptors (Lipinski definition) is 5. The molecule has 100 valence electrons. The van der Waals surface area contributed by atoms with Crippen LogP contribution in [0, 0.1) is 15.5 Å². The topological polar surface area (TPSA) is 70.2 Å². The van der Waals surface area contributed by atoms with Crippen molar-refractivity contribution in [3.05, 3.63) is 21.3 Å². The van der Waals surface area contributed by atoms with Crippen molar-refractivity contribution >= 4 is 30.0 Å². The summed E-state index contributed by atoms with van der Waals surface area (Å²) in [6.45, 7) is 1.96. The molecule has 0 aliphatic carbocycles. The Labute approximate surface area is 115 Å². The zero-order valence-electron chi connectivity index (χ0n) is 9.71. The summed E-state index contributed by atoms with van der Waals surface area (Å²) in [7, 11) is 0. The van der Waals surface area contributed by atoms with Crippen LogP contribution in [0.3, 0.4) is 0 Å². The molecule has 1 fully saturated rings. The van der Waals surface area contributed by atoms with Crippen LogP contribution in [-0.2, 0) is 11.3 Å². The maximum Gasteiger partial charge on any atom is 0.408 e. The first-order chi connectivity index (χ1) is 8.56. The second kappa shape index (κ2) is 5.46. The second-order valence-electron chi connectivity index (χ2n) is 4.53. The van der Waals surface area contributed by atoms with Crippen molar-refractivity contribution < 1.29 is 9.66 Å². The van der Waals surface area contributed by atoms with E-state index in [1.807, 2.05) is 0 Å². The lowest BCUT2D eigenvalue weighted by molar-refractivity contribution is -0.389. The molecule has 1 aliphatic heterocycles.